The second kappa shape index (κ2) is 9.89. The number of thiophene rings is 1. The van der Waals surface area contributed by atoms with E-state index in [-0.39, 0.29) is 17.4 Å². The number of thiocarbonyl (C=S) groups is 1. The number of carbonyl (C=O) groups is 2. The van der Waals surface area contributed by atoms with Crippen molar-refractivity contribution in [2.45, 2.75) is 6.42 Å². The number of rotatable bonds is 4. The fourth-order valence-corrected chi connectivity index (χ4v) is 3.60. The van der Waals surface area contributed by atoms with Crippen LogP contribution in [-0.4, -0.2) is 16.9 Å². The first-order chi connectivity index (χ1) is 12.3. The van der Waals surface area contributed by atoms with E-state index < -0.39 is 5.91 Å². The lowest BCUT2D eigenvalue weighted by molar-refractivity contribution is -0.121. The topological polar surface area (TPSA) is 70.2 Å². The number of benzene rings is 1. The van der Waals surface area contributed by atoms with Gasteiger partial charge in [0.2, 0.25) is 11.8 Å². The van der Waals surface area contributed by atoms with Crippen LogP contribution in [0.1, 0.15) is 10.4 Å². The fourth-order valence-electron chi connectivity index (χ4n) is 1.80. The molecule has 0 aliphatic rings. The van der Waals surface area contributed by atoms with Crippen LogP contribution in [0.5, 0.6) is 0 Å². The van der Waals surface area contributed by atoms with Gasteiger partial charge in [0.05, 0.1) is 16.5 Å². The van der Waals surface area contributed by atoms with Crippen LogP contribution in [0.2, 0.25) is 15.1 Å². The van der Waals surface area contributed by atoms with Crippen LogP contribution in [0.4, 0.5) is 0 Å². The molecular formula is C16H12Cl3N3O2S2. The second-order valence-corrected chi connectivity index (χ2v) is 7.56. The molecule has 0 aliphatic carbocycles. The molecule has 0 aliphatic heterocycles. The van der Waals surface area contributed by atoms with Gasteiger partial charge in [-0.1, -0.05) is 40.9 Å². The van der Waals surface area contributed by atoms with Gasteiger partial charge in [-0.05, 0) is 41.9 Å². The summed E-state index contributed by atoms with van der Waals surface area (Å²) in [5.41, 5.74) is 5.32. The third-order valence-corrected chi connectivity index (χ3v) is 4.84. The summed E-state index contributed by atoms with van der Waals surface area (Å²) < 4.78 is 0. The second-order valence-electron chi connectivity index (χ2n) is 4.86. The predicted octanol–water partition coefficient (Wildman–Crippen LogP) is 3.99. The first-order valence-electron chi connectivity index (χ1n) is 7.10. The summed E-state index contributed by atoms with van der Waals surface area (Å²) in [5, 5.41) is 5.24. The summed E-state index contributed by atoms with van der Waals surface area (Å²) in [7, 11) is 0. The Morgan fingerprint density at radius 1 is 1.15 bits per heavy atom. The maximum atomic E-state index is 11.9. The molecule has 0 fully saturated rings. The Bertz CT molecular complexity index is 831. The molecular weight excluding hydrogens is 437 g/mol. The third kappa shape index (κ3) is 6.59. The molecule has 0 bridgehead atoms. The van der Waals surface area contributed by atoms with Gasteiger partial charge in [0.1, 0.15) is 0 Å². The Labute approximate surface area is 174 Å². The SMILES string of the molecule is O=C(C=Cc1c(Cl)cc(Cl)cc1Cl)NC(=S)NNC(=O)Cc1cccs1. The normalized spacial score (nSPS) is 10.6. The summed E-state index contributed by atoms with van der Waals surface area (Å²) in [5.74, 6) is -0.795. The van der Waals surface area contributed by atoms with E-state index in [9.17, 15) is 9.59 Å². The lowest BCUT2D eigenvalue weighted by Gasteiger charge is -2.09. The average molecular weight is 449 g/mol. The summed E-state index contributed by atoms with van der Waals surface area (Å²) >= 11 is 24.3. The van der Waals surface area contributed by atoms with Gasteiger partial charge in [-0.25, -0.2) is 0 Å². The Balaban J connectivity index is 1.82. The largest absolute Gasteiger partial charge is 0.298 e. The van der Waals surface area contributed by atoms with Gasteiger partial charge in [-0.3, -0.25) is 25.8 Å². The van der Waals surface area contributed by atoms with Gasteiger partial charge in [0.15, 0.2) is 5.11 Å². The number of carbonyl (C=O) groups excluding carboxylic acids is 2. The highest BCUT2D eigenvalue weighted by Crippen LogP contribution is 2.29. The van der Waals surface area contributed by atoms with Crippen LogP contribution in [0.25, 0.3) is 6.08 Å². The molecule has 0 unspecified atom stereocenters. The van der Waals surface area contributed by atoms with Crippen molar-refractivity contribution in [1.29, 1.82) is 0 Å². The predicted molar refractivity (Wildman–Crippen MR) is 111 cm³/mol. The van der Waals surface area contributed by atoms with Crippen LogP contribution in [0.15, 0.2) is 35.7 Å². The van der Waals surface area contributed by atoms with Crippen molar-refractivity contribution >= 4 is 81.4 Å². The minimum Gasteiger partial charge on any atom is -0.298 e. The van der Waals surface area contributed by atoms with E-state index in [0.29, 0.717) is 20.6 Å². The zero-order valence-electron chi connectivity index (χ0n) is 13.0. The number of hydrogen-bond acceptors (Lipinski definition) is 4. The molecule has 26 heavy (non-hydrogen) atoms. The molecule has 2 rings (SSSR count). The molecule has 0 saturated carbocycles. The van der Waals surface area contributed by atoms with Gasteiger partial charge in [0.25, 0.3) is 0 Å². The smallest absolute Gasteiger partial charge is 0.250 e. The van der Waals surface area contributed by atoms with Crippen molar-refractivity contribution in [1.82, 2.24) is 16.2 Å². The van der Waals surface area contributed by atoms with E-state index in [1.807, 2.05) is 17.5 Å². The van der Waals surface area contributed by atoms with E-state index in [1.54, 1.807) is 0 Å². The van der Waals surface area contributed by atoms with Crippen molar-refractivity contribution in [2.75, 3.05) is 0 Å². The van der Waals surface area contributed by atoms with E-state index in [2.05, 4.69) is 16.2 Å². The van der Waals surface area contributed by atoms with Crippen molar-refractivity contribution in [3.8, 4) is 0 Å². The van der Waals surface area contributed by atoms with Crippen LogP contribution in [0, 0.1) is 0 Å². The fraction of sp³-hybridized carbons (Fsp3) is 0.0625. The highest BCUT2D eigenvalue weighted by Gasteiger charge is 2.08. The highest BCUT2D eigenvalue weighted by molar-refractivity contribution is 7.80. The first-order valence-corrected chi connectivity index (χ1v) is 9.52. The lowest BCUT2D eigenvalue weighted by atomic mass is 10.2. The molecule has 1 aromatic heterocycles. The molecule has 1 heterocycles. The van der Waals surface area contributed by atoms with E-state index in [4.69, 9.17) is 47.0 Å². The van der Waals surface area contributed by atoms with Gasteiger partial charge >= 0.3 is 0 Å². The number of halogens is 3. The number of nitrogens with one attached hydrogen (secondary N) is 3. The summed E-state index contributed by atoms with van der Waals surface area (Å²) in [4.78, 5) is 24.5. The maximum Gasteiger partial charge on any atom is 0.250 e. The van der Waals surface area contributed by atoms with E-state index in [1.165, 1.54) is 35.6 Å². The molecule has 0 spiro atoms. The third-order valence-electron chi connectivity index (χ3n) is 2.91. The van der Waals surface area contributed by atoms with Crippen molar-refractivity contribution in [3.05, 3.63) is 61.2 Å². The summed E-state index contributed by atoms with van der Waals surface area (Å²) in [6.07, 6.45) is 2.87. The van der Waals surface area contributed by atoms with Crippen LogP contribution in [-0.2, 0) is 16.0 Å². The number of amides is 2. The van der Waals surface area contributed by atoms with Crippen molar-refractivity contribution in [2.24, 2.45) is 0 Å². The molecule has 136 valence electrons. The van der Waals surface area contributed by atoms with Gasteiger partial charge in [-0.2, -0.15) is 0 Å². The Kier molecular flexibility index (Phi) is 7.86. The quantitative estimate of drug-likeness (QED) is 0.376. The van der Waals surface area contributed by atoms with Crippen LogP contribution >= 0.6 is 58.4 Å². The van der Waals surface area contributed by atoms with Gasteiger partial charge < -0.3 is 0 Å². The Morgan fingerprint density at radius 2 is 1.85 bits per heavy atom. The molecule has 1 aromatic carbocycles. The molecule has 0 atom stereocenters. The first kappa shape index (κ1) is 20.7. The Morgan fingerprint density at radius 3 is 2.46 bits per heavy atom. The van der Waals surface area contributed by atoms with Crippen molar-refractivity contribution in [3.63, 3.8) is 0 Å². The lowest BCUT2D eigenvalue weighted by Crippen LogP contribution is -2.48. The highest BCUT2D eigenvalue weighted by atomic mass is 35.5. The molecule has 5 nitrogen and oxygen atoms in total. The van der Waals surface area contributed by atoms with Gasteiger partial charge in [-0.15, -0.1) is 11.3 Å². The zero-order valence-corrected chi connectivity index (χ0v) is 16.9. The summed E-state index contributed by atoms with van der Waals surface area (Å²) in [6.45, 7) is 0. The Hall–Kier alpha value is -1.64. The molecule has 2 amide bonds. The number of hydrazine groups is 1. The monoisotopic (exact) mass is 447 g/mol. The zero-order chi connectivity index (χ0) is 19.1. The molecule has 3 N–H and O–H groups in total. The van der Waals surface area contributed by atoms with E-state index >= 15 is 0 Å². The average Bonchev–Trinajstić information content (AvgIpc) is 3.04. The molecule has 0 radical (unpaired) electrons. The minimum atomic E-state index is -0.517. The van der Waals surface area contributed by atoms with E-state index in [0.717, 1.165) is 4.88 Å². The standard InChI is InChI=1S/C16H12Cl3N3O2S2/c17-9-6-12(18)11(13(19)7-9)3-4-14(23)20-16(25)22-21-15(24)8-10-2-1-5-26-10/h1-7H,8H2,(H,21,24)(H2,20,22,23,25). The summed E-state index contributed by atoms with van der Waals surface area (Å²) in [6, 6.07) is 6.74. The van der Waals surface area contributed by atoms with Crippen LogP contribution in [0.3, 0.4) is 0 Å². The minimum absolute atomic E-state index is 0.0486. The molecule has 0 saturated heterocycles. The van der Waals surface area contributed by atoms with Gasteiger partial charge in [0, 0.05) is 21.5 Å². The number of hydrogen-bond donors (Lipinski definition) is 3. The molecule has 2 aromatic rings. The van der Waals surface area contributed by atoms with Crippen molar-refractivity contribution < 1.29 is 9.59 Å². The molecule has 10 heteroatoms. The van der Waals surface area contributed by atoms with Crippen LogP contribution < -0.4 is 16.2 Å². The maximum absolute atomic E-state index is 11.9.